The van der Waals surface area contributed by atoms with E-state index in [4.69, 9.17) is 10.5 Å². The number of rotatable bonds is 2. The van der Waals surface area contributed by atoms with Crippen molar-refractivity contribution in [3.05, 3.63) is 17.7 Å². The third-order valence-corrected chi connectivity index (χ3v) is 4.63. The van der Waals surface area contributed by atoms with Gasteiger partial charge in [-0.3, -0.25) is 4.90 Å². The zero-order valence-electron chi connectivity index (χ0n) is 12.8. The molecule has 1 aromatic carbocycles. The first-order valence-corrected chi connectivity index (χ1v) is 7.85. The molecule has 2 heterocycles. The summed E-state index contributed by atoms with van der Waals surface area (Å²) in [5, 5.41) is 12.9. The number of nitrogens with one attached hydrogen (secondary N) is 1. The molecule has 0 aromatic heterocycles. The Morgan fingerprint density at radius 1 is 1.36 bits per heavy atom. The van der Waals surface area contributed by atoms with Gasteiger partial charge < -0.3 is 20.9 Å². The molecule has 0 spiro atoms. The van der Waals surface area contributed by atoms with Gasteiger partial charge in [0.1, 0.15) is 0 Å². The van der Waals surface area contributed by atoms with Gasteiger partial charge in [-0.1, -0.05) is 0 Å². The van der Waals surface area contributed by atoms with Crippen molar-refractivity contribution in [3.8, 4) is 0 Å². The fraction of sp³-hybridized carbons (Fsp3) is 0.562. The molecule has 6 heteroatoms. The van der Waals surface area contributed by atoms with Gasteiger partial charge in [-0.25, -0.2) is 4.79 Å². The van der Waals surface area contributed by atoms with Crippen molar-refractivity contribution in [2.45, 2.75) is 44.7 Å². The molecule has 6 nitrogen and oxygen atoms in total. The summed E-state index contributed by atoms with van der Waals surface area (Å²) in [7, 11) is 0. The van der Waals surface area contributed by atoms with E-state index in [1.807, 2.05) is 19.1 Å². The highest BCUT2D eigenvalue weighted by molar-refractivity contribution is 5.92. The Balaban J connectivity index is 1.88. The van der Waals surface area contributed by atoms with Gasteiger partial charge in [0.25, 0.3) is 0 Å². The Bertz CT molecular complexity index is 570. The highest BCUT2D eigenvalue weighted by Gasteiger charge is 2.30. The summed E-state index contributed by atoms with van der Waals surface area (Å²) < 4.78 is 5.37. The second-order valence-electron chi connectivity index (χ2n) is 6.10. The molecule has 1 aromatic rings. The second kappa shape index (κ2) is 6.04. The fourth-order valence-corrected chi connectivity index (χ4v) is 3.34. The van der Waals surface area contributed by atoms with Crippen molar-refractivity contribution in [3.63, 3.8) is 0 Å². The van der Waals surface area contributed by atoms with Crippen LogP contribution in [-0.2, 0) is 11.2 Å². The van der Waals surface area contributed by atoms with Gasteiger partial charge in [0.15, 0.2) is 0 Å². The summed E-state index contributed by atoms with van der Waals surface area (Å²) in [4.78, 5) is 12.9. The highest BCUT2D eigenvalue weighted by atomic mass is 16.5. The molecule has 1 amide bonds. The van der Waals surface area contributed by atoms with E-state index in [1.54, 1.807) is 0 Å². The predicted octanol–water partition coefficient (Wildman–Crippen LogP) is 2.68. The Morgan fingerprint density at radius 3 is 2.77 bits per heavy atom. The van der Waals surface area contributed by atoms with E-state index in [-0.39, 0.29) is 6.04 Å². The highest BCUT2D eigenvalue weighted by Crippen LogP contribution is 2.38. The molecule has 0 saturated carbocycles. The standard InChI is InChI=1S/C16H23N3O3/c1-10-2-3-12-14(19(10)16(20)21)5-4-13(15(12)17)18-11-6-8-22-9-7-11/h4-5,10-11,18H,2-3,6-9,17H2,1H3,(H,20,21)/t10-/m0/s1. The van der Waals surface area contributed by atoms with Crippen LogP contribution in [-0.4, -0.2) is 36.5 Å². The van der Waals surface area contributed by atoms with E-state index in [9.17, 15) is 9.90 Å². The van der Waals surface area contributed by atoms with Gasteiger partial charge in [-0.15, -0.1) is 0 Å². The van der Waals surface area contributed by atoms with Crippen LogP contribution in [0.3, 0.4) is 0 Å². The maximum atomic E-state index is 11.5. The van der Waals surface area contributed by atoms with Crippen LogP contribution in [0.25, 0.3) is 0 Å². The average molecular weight is 305 g/mol. The molecular weight excluding hydrogens is 282 g/mol. The van der Waals surface area contributed by atoms with Gasteiger partial charge in [0.05, 0.1) is 17.1 Å². The van der Waals surface area contributed by atoms with Gasteiger partial charge in [-0.2, -0.15) is 0 Å². The molecule has 1 saturated heterocycles. The minimum Gasteiger partial charge on any atom is -0.465 e. The van der Waals surface area contributed by atoms with Crippen LogP contribution in [0.1, 0.15) is 31.7 Å². The number of nitrogen functional groups attached to an aromatic ring is 1. The number of fused-ring (bicyclic) bond motifs is 1. The van der Waals surface area contributed by atoms with E-state index in [0.29, 0.717) is 11.7 Å². The number of hydrogen-bond donors (Lipinski definition) is 3. The summed E-state index contributed by atoms with van der Waals surface area (Å²) in [6.45, 7) is 3.47. The van der Waals surface area contributed by atoms with E-state index >= 15 is 0 Å². The molecule has 22 heavy (non-hydrogen) atoms. The summed E-state index contributed by atoms with van der Waals surface area (Å²) in [5.41, 5.74) is 9.57. The van der Waals surface area contributed by atoms with Crippen molar-refractivity contribution in [1.29, 1.82) is 0 Å². The largest absolute Gasteiger partial charge is 0.465 e. The number of ether oxygens (including phenoxy) is 1. The number of carbonyl (C=O) groups is 1. The maximum Gasteiger partial charge on any atom is 0.412 e. The van der Waals surface area contributed by atoms with Gasteiger partial charge >= 0.3 is 6.09 Å². The number of amides is 1. The molecule has 1 atom stereocenters. The summed E-state index contributed by atoms with van der Waals surface area (Å²) in [6, 6.07) is 4.13. The van der Waals surface area contributed by atoms with Crippen LogP contribution in [0.5, 0.6) is 0 Å². The van der Waals surface area contributed by atoms with E-state index in [1.165, 1.54) is 4.90 Å². The first-order chi connectivity index (χ1) is 10.6. The van der Waals surface area contributed by atoms with E-state index < -0.39 is 6.09 Å². The Labute approximate surface area is 130 Å². The SMILES string of the molecule is C[C@H]1CCc2c(ccc(NC3CCOCC3)c2N)N1C(=O)O. The topological polar surface area (TPSA) is 87.8 Å². The minimum atomic E-state index is -0.919. The molecule has 0 radical (unpaired) electrons. The Hall–Kier alpha value is -1.95. The average Bonchev–Trinajstić information content (AvgIpc) is 2.50. The van der Waals surface area contributed by atoms with E-state index in [2.05, 4.69) is 5.32 Å². The maximum absolute atomic E-state index is 11.5. The molecule has 4 N–H and O–H groups in total. The lowest BCUT2D eigenvalue weighted by atomic mass is 9.94. The third kappa shape index (κ3) is 2.70. The third-order valence-electron chi connectivity index (χ3n) is 4.63. The lowest BCUT2D eigenvalue weighted by Crippen LogP contribution is -2.41. The molecule has 0 unspecified atom stereocenters. The lowest BCUT2D eigenvalue weighted by Gasteiger charge is -2.34. The van der Waals surface area contributed by atoms with Crippen LogP contribution in [0.4, 0.5) is 21.9 Å². The van der Waals surface area contributed by atoms with E-state index in [0.717, 1.165) is 55.8 Å². The summed E-state index contributed by atoms with van der Waals surface area (Å²) in [6.07, 6.45) is 2.63. The minimum absolute atomic E-state index is 0.0151. The Morgan fingerprint density at radius 2 is 2.09 bits per heavy atom. The molecule has 0 aliphatic carbocycles. The summed E-state index contributed by atoms with van der Waals surface area (Å²) >= 11 is 0. The zero-order chi connectivity index (χ0) is 15.7. The van der Waals surface area contributed by atoms with Crippen LogP contribution in [0, 0.1) is 0 Å². The van der Waals surface area contributed by atoms with Crippen LogP contribution in [0.15, 0.2) is 12.1 Å². The van der Waals surface area contributed by atoms with Crippen molar-refractivity contribution in [1.82, 2.24) is 0 Å². The molecular formula is C16H23N3O3. The van der Waals surface area contributed by atoms with Gasteiger partial charge in [0.2, 0.25) is 0 Å². The van der Waals surface area contributed by atoms with Crippen LogP contribution >= 0.6 is 0 Å². The number of carboxylic acid groups (broad SMARTS) is 1. The molecule has 2 aliphatic rings. The van der Waals surface area contributed by atoms with Crippen molar-refractivity contribution < 1.29 is 14.6 Å². The Kier molecular flexibility index (Phi) is 4.11. The number of nitrogens with two attached hydrogens (primary N) is 1. The van der Waals surface area contributed by atoms with Gasteiger partial charge in [0, 0.05) is 30.9 Å². The molecule has 2 aliphatic heterocycles. The van der Waals surface area contributed by atoms with Crippen molar-refractivity contribution >= 4 is 23.2 Å². The van der Waals surface area contributed by atoms with Crippen molar-refractivity contribution in [2.75, 3.05) is 29.2 Å². The first kappa shape index (κ1) is 15.0. The van der Waals surface area contributed by atoms with Crippen molar-refractivity contribution in [2.24, 2.45) is 0 Å². The zero-order valence-corrected chi connectivity index (χ0v) is 12.8. The normalized spacial score (nSPS) is 22.2. The number of nitrogens with zero attached hydrogens (tertiary/aromatic N) is 1. The lowest BCUT2D eigenvalue weighted by molar-refractivity contribution is 0.0904. The second-order valence-corrected chi connectivity index (χ2v) is 6.10. The molecule has 3 rings (SSSR count). The predicted molar refractivity (Wildman–Crippen MR) is 86.6 cm³/mol. The smallest absolute Gasteiger partial charge is 0.412 e. The molecule has 0 bridgehead atoms. The first-order valence-electron chi connectivity index (χ1n) is 7.85. The van der Waals surface area contributed by atoms with Gasteiger partial charge in [-0.05, 0) is 44.7 Å². The monoisotopic (exact) mass is 305 g/mol. The number of anilines is 3. The number of benzene rings is 1. The molecule has 120 valence electrons. The van der Waals surface area contributed by atoms with Crippen LogP contribution < -0.4 is 16.0 Å². The fourth-order valence-electron chi connectivity index (χ4n) is 3.34. The summed E-state index contributed by atoms with van der Waals surface area (Å²) in [5.74, 6) is 0. The quantitative estimate of drug-likeness (QED) is 0.731. The molecule has 1 fully saturated rings. The van der Waals surface area contributed by atoms with Crippen LogP contribution in [0.2, 0.25) is 0 Å². The number of hydrogen-bond acceptors (Lipinski definition) is 4.